The Morgan fingerprint density at radius 1 is 1.14 bits per heavy atom. The minimum atomic E-state index is 0.000749. The molecule has 2 aromatic carbocycles. The van der Waals surface area contributed by atoms with Gasteiger partial charge in [0.1, 0.15) is 13.2 Å². The van der Waals surface area contributed by atoms with Crippen LogP contribution in [0.2, 0.25) is 0 Å². The zero-order valence-electron chi connectivity index (χ0n) is 16.8. The Hall–Kier alpha value is -2.99. The van der Waals surface area contributed by atoms with Gasteiger partial charge in [-0.1, -0.05) is 30.3 Å². The van der Waals surface area contributed by atoms with Crippen molar-refractivity contribution >= 4 is 12.0 Å². The molecule has 1 saturated heterocycles. The van der Waals surface area contributed by atoms with Gasteiger partial charge in [0.05, 0.1) is 13.2 Å². The van der Waals surface area contributed by atoms with E-state index in [9.17, 15) is 4.79 Å². The molecule has 0 bridgehead atoms. The minimum Gasteiger partial charge on any atom is -0.493 e. The molecule has 2 aliphatic rings. The molecule has 2 aliphatic heterocycles. The Morgan fingerprint density at radius 2 is 1.93 bits per heavy atom. The molecule has 1 fully saturated rings. The van der Waals surface area contributed by atoms with Crippen LogP contribution in [0.5, 0.6) is 17.2 Å². The molecule has 0 spiro atoms. The van der Waals surface area contributed by atoms with Gasteiger partial charge in [0.2, 0.25) is 11.7 Å². The highest BCUT2D eigenvalue weighted by atomic mass is 16.6. The SMILES string of the molecule is COc1cc(/C=C/C(=O)N2CCN(C)CC2c2ccccc2)cc2c1OCCO2. The topological polar surface area (TPSA) is 51.2 Å². The molecule has 1 unspecified atom stereocenters. The van der Waals surface area contributed by atoms with Gasteiger partial charge in [-0.3, -0.25) is 4.79 Å². The lowest BCUT2D eigenvalue weighted by Crippen LogP contribution is -2.48. The van der Waals surface area contributed by atoms with Gasteiger partial charge in [-0.25, -0.2) is 0 Å². The maximum absolute atomic E-state index is 13.0. The van der Waals surface area contributed by atoms with Crippen molar-refractivity contribution in [2.24, 2.45) is 0 Å². The predicted molar refractivity (Wildman–Crippen MR) is 111 cm³/mol. The number of carbonyl (C=O) groups excluding carboxylic acids is 1. The van der Waals surface area contributed by atoms with Crippen LogP contribution in [-0.4, -0.2) is 62.7 Å². The summed E-state index contributed by atoms with van der Waals surface area (Å²) in [6, 6.07) is 14.0. The summed E-state index contributed by atoms with van der Waals surface area (Å²) in [5.41, 5.74) is 1.99. The van der Waals surface area contributed by atoms with Crippen molar-refractivity contribution in [3.05, 3.63) is 59.7 Å². The number of rotatable bonds is 4. The van der Waals surface area contributed by atoms with Gasteiger partial charge < -0.3 is 24.0 Å². The molecule has 6 heteroatoms. The van der Waals surface area contributed by atoms with E-state index < -0.39 is 0 Å². The second kappa shape index (κ2) is 8.57. The average molecular weight is 394 g/mol. The largest absolute Gasteiger partial charge is 0.493 e. The zero-order valence-corrected chi connectivity index (χ0v) is 16.8. The molecule has 1 amide bonds. The lowest BCUT2D eigenvalue weighted by Gasteiger charge is -2.40. The molecule has 2 aromatic rings. The third-order valence-electron chi connectivity index (χ3n) is 5.32. The van der Waals surface area contributed by atoms with E-state index in [-0.39, 0.29) is 11.9 Å². The number of piperazine rings is 1. The minimum absolute atomic E-state index is 0.000749. The van der Waals surface area contributed by atoms with Gasteiger partial charge in [-0.2, -0.15) is 0 Å². The number of ether oxygens (including phenoxy) is 3. The van der Waals surface area contributed by atoms with Crippen LogP contribution < -0.4 is 14.2 Å². The molecule has 0 aliphatic carbocycles. The monoisotopic (exact) mass is 394 g/mol. The normalized spacial score (nSPS) is 19.4. The summed E-state index contributed by atoms with van der Waals surface area (Å²) in [6.07, 6.45) is 3.44. The van der Waals surface area contributed by atoms with Gasteiger partial charge in [0.15, 0.2) is 11.5 Å². The van der Waals surface area contributed by atoms with Crippen molar-refractivity contribution in [1.29, 1.82) is 0 Å². The third kappa shape index (κ3) is 4.22. The van der Waals surface area contributed by atoms with E-state index in [0.29, 0.717) is 37.0 Å². The number of hydrogen-bond acceptors (Lipinski definition) is 5. The summed E-state index contributed by atoms with van der Waals surface area (Å²) in [6.45, 7) is 3.38. The van der Waals surface area contributed by atoms with Gasteiger partial charge in [-0.05, 0) is 36.4 Å². The fourth-order valence-electron chi connectivity index (χ4n) is 3.80. The van der Waals surface area contributed by atoms with Gasteiger partial charge in [0.25, 0.3) is 0 Å². The number of likely N-dealkylation sites (N-methyl/N-ethyl adjacent to an activating group) is 1. The molecule has 0 aromatic heterocycles. The zero-order chi connectivity index (χ0) is 20.2. The summed E-state index contributed by atoms with van der Waals surface area (Å²) in [5.74, 6) is 1.87. The maximum atomic E-state index is 13.0. The number of carbonyl (C=O) groups is 1. The molecule has 29 heavy (non-hydrogen) atoms. The van der Waals surface area contributed by atoms with Crippen molar-refractivity contribution < 1.29 is 19.0 Å². The Labute approximate surface area is 171 Å². The molecular formula is C23H26N2O4. The molecule has 4 rings (SSSR count). The van der Waals surface area contributed by atoms with Crippen LogP contribution in [0, 0.1) is 0 Å². The third-order valence-corrected chi connectivity index (χ3v) is 5.32. The van der Waals surface area contributed by atoms with Crippen LogP contribution in [0.25, 0.3) is 6.08 Å². The van der Waals surface area contributed by atoms with Crippen LogP contribution in [-0.2, 0) is 4.79 Å². The van der Waals surface area contributed by atoms with E-state index >= 15 is 0 Å². The van der Waals surface area contributed by atoms with E-state index in [4.69, 9.17) is 14.2 Å². The molecule has 6 nitrogen and oxygen atoms in total. The Kier molecular flexibility index (Phi) is 5.71. The molecule has 0 saturated carbocycles. The summed E-state index contributed by atoms with van der Waals surface area (Å²) in [7, 11) is 3.69. The van der Waals surface area contributed by atoms with Crippen LogP contribution in [0.3, 0.4) is 0 Å². The quantitative estimate of drug-likeness (QED) is 0.747. The van der Waals surface area contributed by atoms with Crippen LogP contribution in [0.15, 0.2) is 48.5 Å². The van der Waals surface area contributed by atoms with Crippen molar-refractivity contribution in [3.8, 4) is 17.2 Å². The van der Waals surface area contributed by atoms with Gasteiger partial charge in [-0.15, -0.1) is 0 Å². The smallest absolute Gasteiger partial charge is 0.247 e. The summed E-state index contributed by atoms with van der Waals surface area (Å²) < 4.78 is 16.7. The highest BCUT2D eigenvalue weighted by molar-refractivity contribution is 5.92. The van der Waals surface area contributed by atoms with Crippen molar-refractivity contribution in [2.45, 2.75) is 6.04 Å². The number of benzene rings is 2. The highest BCUT2D eigenvalue weighted by Crippen LogP contribution is 2.40. The Bertz CT molecular complexity index is 880. The first-order chi connectivity index (χ1) is 14.2. The first kappa shape index (κ1) is 19.3. The number of amides is 1. The average Bonchev–Trinajstić information content (AvgIpc) is 2.77. The molecule has 0 radical (unpaired) electrons. The van der Waals surface area contributed by atoms with Gasteiger partial charge >= 0.3 is 0 Å². The fraction of sp³-hybridized carbons (Fsp3) is 0.348. The summed E-state index contributed by atoms with van der Waals surface area (Å²) >= 11 is 0. The van der Waals surface area contributed by atoms with Gasteiger partial charge in [0, 0.05) is 25.7 Å². The lowest BCUT2D eigenvalue weighted by molar-refractivity contribution is -0.130. The number of methoxy groups -OCH3 is 1. The van der Waals surface area contributed by atoms with E-state index in [2.05, 4.69) is 24.1 Å². The first-order valence-electron chi connectivity index (χ1n) is 9.85. The fourth-order valence-corrected chi connectivity index (χ4v) is 3.80. The van der Waals surface area contributed by atoms with Crippen molar-refractivity contribution in [2.75, 3.05) is 47.0 Å². The molecule has 1 atom stereocenters. The molecule has 0 N–H and O–H groups in total. The molecular weight excluding hydrogens is 368 g/mol. The highest BCUT2D eigenvalue weighted by Gasteiger charge is 2.29. The Balaban J connectivity index is 1.55. The van der Waals surface area contributed by atoms with Crippen LogP contribution >= 0.6 is 0 Å². The Morgan fingerprint density at radius 3 is 2.72 bits per heavy atom. The maximum Gasteiger partial charge on any atom is 0.247 e. The lowest BCUT2D eigenvalue weighted by atomic mass is 10.0. The number of nitrogens with zero attached hydrogens (tertiary/aromatic N) is 2. The van der Waals surface area contributed by atoms with Crippen LogP contribution in [0.1, 0.15) is 17.2 Å². The standard InChI is InChI=1S/C23H26N2O4/c1-24-10-11-25(19(16-24)18-6-4-3-5-7-18)22(26)9-8-17-14-20(27-2)23-21(15-17)28-12-13-29-23/h3-9,14-15,19H,10-13,16H2,1-2H3/b9-8+. The first-order valence-corrected chi connectivity index (χ1v) is 9.85. The summed E-state index contributed by atoms with van der Waals surface area (Å²) in [5, 5.41) is 0. The predicted octanol–water partition coefficient (Wildman–Crippen LogP) is 2.99. The van der Waals surface area contributed by atoms with E-state index in [0.717, 1.165) is 24.2 Å². The number of fused-ring (bicyclic) bond motifs is 1. The molecule has 152 valence electrons. The van der Waals surface area contributed by atoms with Crippen molar-refractivity contribution in [3.63, 3.8) is 0 Å². The van der Waals surface area contributed by atoms with E-state index in [1.54, 1.807) is 13.2 Å². The summed E-state index contributed by atoms with van der Waals surface area (Å²) in [4.78, 5) is 17.2. The number of hydrogen-bond donors (Lipinski definition) is 0. The van der Waals surface area contributed by atoms with E-state index in [1.807, 2.05) is 41.3 Å². The second-order valence-electron chi connectivity index (χ2n) is 7.30. The van der Waals surface area contributed by atoms with E-state index in [1.165, 1.54) is 0 Å². The molecule has 2 heterocycles. The van der Waals surface area contributed by atoms with Crippen molar-refractivity contribution in [1.82, 2.24) is 9.80 Å². The van der Waals surface area contributed by atoms with Crippen LogP contribution in [0.4, 0.5) is 0 Å². The second-order valence-corrected chi connectivity index (χ2v) is 7.30.